The van der Waals surface area contributed by atoms with Crippen molar-refractivity contribution < 1.29 is 19.1 Å². The monoisotopic (exact) mass is 384 g/mol. The number of carbonyl (C=O) groups excluding carboxylic acids is 2. The van der Waals surface area contributed by atoms with Gasteiger partial charge in [0.15, 0.2) is 0 Å². The van der Waals surface area contributed by atoms with Crippen molar-refractivity contribution in [2.75, 3.05) is 13.2 Å². The Bertz CT molecular complexity index is 741. The lowest BCUT2D eigenvalue weighted by molar-refractivity contribution is -0.179. The molecule has 8 unspecified atom stereocenters. The number of hydrogen-bond acceptors (Lipinski definition) is 4. The number of rotatable bonds is 6. The minimum atomic E-state index is -0.326. The highest BCUT2D eigenvalue weighted by Crippen LogP contribution is 2.83. The van der Waals surface area contributed by atoms with Crippen LogP contribution >= 0.6 is 0 Å². The smallest absolute Gasteiger partial charge is 0.333 e. The maximum Gasteiger partial charge on any atom is 0.333 e. The van der Waals surface area contributed by atoms with Crippen LogP contribution in [-0.2, 0) is 19.1 Å². The molecule has 5 aliphatic rings. The molecule has 0 saturated heterocycles. The molecule has 0 amide bonds. The Morgan fingerprint density at radius 3 is 2.68 bits per heavy atom. The van der Waals surface area contributed by atoms with Gasteiger partial charge in [0, 0.05) is 22.5 Å². The molecule has 4 nitrogen and oxygen atoms in total. The summed E-state index contributed by atoms with van der Waals surface area (Å²) in [5, 5.41) is 0. The third kappa shape index (κ3) is 2.12. The molecule has 0 aromatic heterocycles. The van der Waals surface area contributed by atoms with E-state index in [-0.39, 0.29) is 22.8 Å². The van der Waals surface area contributed by atoms with Crippen LogP contribution in [0.15, 0.2) is 24.8 Å². The van der Waals surface area contributed by atoms with E-state index in [0.29, 0.717) is 42.5 Å². The van der Waals surface area contributed by atoms with E-state index >= 15 is 0 Å². The predicted octanol–water partition coefficient (Wildman–Crippen LogP) is 4.30. The average Bonchev–Trinajstić information content (AvgIpc) is 3.46. The third-order valence-electron chi connectivity index (χ3n) is 9.55. The zero-order valence-corrected chi connectivity index (χ0v) is 17.0. The van der Waals surface area contributed by atoms with E-state index < -0.39 is 0 Å². The minimum absolute atomic E-state index is 0.0152. The molecule has 5 fully saturated rings. The zero-order valence-electron chi connectivity index (χ0n) is 17.0. The van der Waals surface area contributed by atoms with Crippen LogP contribution in [0.4, 0.5) is 0 Å². The average molecular weight is 385 g/mol. The van der Waals surface area contributed by atoms with Crippen LogP contribution in [-0.4, -0.2) is 25.2 Å². The van der Waals surface area contributed by atoms with Gasteiger partial charge in [0.2, 0.25) is 0 Å². The highest BCUT2D eigenvalue weighted by atomic mass is 16.5. The summed E-state index contributed by atoms with van der Waals surface area (Å²) in [6.45, 7) is 10.0. The number of ether oxygens (including phenoxy) is 2. The highest BCUT2D eigenvalue weighted by molar-refractivity contribution is 5.87. The first kappa shape index (κ1) is 18.4. The molecule has 0 heterocycles. The molecule has 0 aliphatic heterocycles. The van der Waals surface area contributed by atoms with E-state index in [4.69, 9.17) is 9.47 Å². The van der Waals surface area contributed by atoms with Gasteiger partial charge in [-0.05, 0) is 81.0 Å². The van der Waals surface area contributed by atoms with E-state index in [0.717, 1.165) is 18.3 Å². The lowest BCUT2D eigenvalue weighted by Crippen LogP contribution is -2.57. The standard InChI is InChI=1S/C24H32O4/c1-4-20(25)27-12-23-11-18(17-6-5-7-19(17)23)21-15-8-9-16(10-15)24(21,23)13-28-22(26)14(2)3/h4,15-19,21H,1-2,5-13H2,3H3. The summed E-state index contributed by atoms with van der Waals surface area (Å²) in [6, 6.07) is 0. The van der Waals surface area contributed by atoms with Crippen molar-refractivity contribution in [1.29, 1.82) is 0 Å². The van der Waals surface area contributed by atoms with Crippen molar-refractivity contribution in [2.45, 2.75) is 51.9 Å². The molecule has 152 valence electrons. The number of fused-ring (bicyclic) bond motifs is 12. The van der Waals surface area contributed by atoms with Gasteiger partial charge in [0.25, 0.3) is 0 Å². The molecule has 4 bridgehead atoms. The summed E-state index contributed by atoms with van der Waals surface area (Å²) < 4.78 is 11.7. The summed E-state index contributed by atoms with van der Waals surface area (Å²) in [6.07, 6.45) is 10.1. The Morgan fingerprint density at radius 1 is 1.11 bits per heavy atom. The van der Waals surface area contributed by atoms with Crippen molar-refractivity contribution in [2.24, 2.45) is 46.3 Å². The van der Waals surface area contributed by atoms with Crippen molar-refractivity contribution in [3.05, 3.63) is 24.8 Å². The second-order valence-electron chi connectivity index (χ2n) is 10.2. The van der Waals surface area contributed by atoms with Gasteiger partial charge in [0.1, 0.15) is 0 Å². The summed E-state index contributed by atoms with van der Waals surface area (Å²) in [5.74, 6) is 3.48. The zero-order chi connectivity index (χ0) is 19.7. The van der Waals surface area contributed by atoms with Crippen LogP contribution in [0.1, 0.15) is 51.9 Å². The van der Waals surface area contributed by atoms with Crippen molar-refractivity contribution >= 4 is 11.9 Å². The van der Waals surface area contributed by atoms with Crippen molar-refractivity contribution in [3.63, 3.8) is 0 Å². The van der Waals surface area contributed by atoms with Gasteiger partial charge in [0.05, 0.1) is 13.2 Å². The fraction of sp³-hybridized carbons (Fsp3) is 0.750. The molecular formula is C24H32O4. The molecule has 0 N–H and O–H groups in total. The second kappa shape index (κ2) is 6.21. The summed E-state index contributed by atoms with van der Waals surface area (Å²) in [7, 11) is 0. The van der Waals surface area contributed by atoms with E-state index in [9.17, 15) is 9.59 Å². The molecule has 0 aromatic carbocycles. The summed E-state index contributed by atoms with van der Waals surface area (Å²) in [5.41, 5.74) is 0.417. The van der Waals surface area contributed by atoms with Crippen LogP contribution < -0.4 is 0 Å². The molecular weight excluding hydrogens is 352 g/mol. The van der Waals surface area contributed by atoms with Gasteiger partial charge in [-0.3, -0.25) is 0 Å². The van der Waals surface area contributed by atoms with Crippen LogP contribution in [0.2, 0.25) is 0 Å². The maximum atomic E-state index is 12.3. The molecule has 4 heteroatoms. The van der Waals surface area contributed by atoms with Gasteiger partial charge < -0.3 is 9.47 Å². The lowest BCUT2D eigenvalue weighted by atomic mass is 9.48. The Kier molecular flexibility index (Phi) is 4.09. The molecule has 5 aliphatic carbocycles. The van der Waals surface area contributed by atoms with Crippen LogP contribution in [0.3, 0.4) is 0 Å². The normalized spacial score (nSPS) is 46.9. The van der Waals surface area contributed by atoms with E-state index in [1.165, 1.54) is 44.6 Å². The number of carbonyl (C=O) groups is 2. The number of hydrogen-bond donors (Lipinski definition) is 0. The first-order valence-electron chi connectivity index (χ1n) is 11.1. The van der Waals surface area contributed by atoms with Gasteiger partial charge >= 0.3 is 11.9 Å². The number of esters is 2. The first-order valence-corrected chi connectivity index (χ1v) is 11.1. The predicted molar refractivity (Wildman–Crippen MR) is 105 cm³/mol. The summed E-state index contributed by atoms with van der Waals surface area (Å²) >= 11 is 0. The van der Waals surface area contributed by atoms with Gasteiger partial charge in [-0.25, -0.2) is 9.59 Å². The Morgan fingerprint density at radius 2 is 1.93 bits per heavy atom. The maximum absolute atomic E-state index is 12.3. The molecule has 0 radical (unpaired) electrons. The topological polar surface area (TPSA) is 52.6 Å². The SMILES string of the molecule is C=CC(=O)OCC12CC(C3CCCC31)C1C3CCC(C3)C12COC(=O)C(=C)C. The van der Waals surface area contributed by atoms with E-state index in [1.54, 1.807) is 6.92 Å². The highest BCUT2D eigenvalue weighted by Gasteiger charge is 2.80. The Labute approximate surface area is 167 Å². The van der Waals surface area contributed by atoms with Crippen LogP contribution in [0.25, 0.3) is 0 Å². The van der Waals surface area contributed by atoms with E-state index in [2.05, 4.69) is 13.2 Å². The quantitative estimate of drug-likeness (QED) is 0.389. The minimum Gasteiger partial charge on any atom is -0.462 e. The van der Waals surface area contributed by atoms with Gasteiger partial charge in [-0.2, -0.15) is 0 Å². The molecule has 0 aromatic rings. The molecule has 28 heavy (non-hydrogen) atoms. The Balaban J connectivity index is 1.55. The van der Waals surface area contributed by atoms with Crippen molar-refractivity contribution in [1.82, 2.24) is 0 Å². The van der Waals surface area contributed by atoms with Gasteiger partial charge in [-0.15, -0.1) is 0 Å². The van der Waals surface area contributed by atoms with Crippen molar-refractivity contribution in [3.8, 4) is 0 Å². The molecule has 8 atom stereocenters. The van der Waals surface area contributed by atoms with Crippen LogP contribution in [0, 0.1) is 46.3 Å². The second-order valence-corrected chi connectivity index (χ2v) is 10.2. The largest absolute Gasteiger partial charge is 0.462 e. The fourth-order valence-electron chi connectivity index (χ4n) is 9.04. The fourth-order valence-corrected chi connectivity index (χ4v) is 9.04. The Hall–Kier alpha value is -1.58. The molecule has 0 spiro atoms. The molecule has 5 saturated carbocycles. The first-order chi connectivity index (χ1) is 13.4. The third-order valence-corrected chi connectivity index (χ3v) is 9.55. The van der Waals surface area contributed by atoms with Crippen LogP contribution in [0.5, 0.6) is 0 Å². The van der Waals surface area contributed by atoms with E-state index in [1.807, 2.05) is 0 Å². The van der Waals surface area contributed by atoms with Gasteiger partial charge in [-0.1, -0.05) is 19.6 Å². The summed E-state index contributed by atoms with van der Waals surface area (Å²) in [4.78, 5) is 24.3. The lowest BCUT2D eigenvalue weighted by Gasteiger charge is -2.56. The molecule has 5 rings (SSSR count).